The molecule has 1 aliphatic carbocycles. The number of phenols is 1. The summed E-state index contributed by atoms with van der Waals surface area (Å²) in [5, 5.41) is 11.5. The third kappa shape index (κ3) is 0.777. The first-order valence-corrected chi connectivity index (χ1v) is 4.54. The molecule has 0 spiro atoms. The van der Waals surface area contributed by atoms with Gasteiger partial charge in [-0.2, -0.15) is 0 Å². The number of benzene rings is 2. The molecule has 1 aliphatic rings. The van der Waals surface area contributed by atoms with Crippen LogP contribution in [-0.4, -0.2) is 10.9 Å². The Bertz CT molecular complexity index is 555. The molecule has 0 unspecified atom stereocenters. The molecular weight excluding hydrogens is 176 g/mol. The normalized spacial score (nSPS) is 13.9. The van der Waals surface area contributed by atoms with Crippen LogP contribution in [0.3, 0.4) is 0 Å². The van der Waals surface area contributed by atoms with Gasteiger partial charge in [-0.3, -0.25) is 4.79 Å². The standard InChI is InChI=1S/C12H8O2/c13-9-5-4-7-2-1-3-8-6-10(14)12(9)11(7)8/h1-5,13H,6H2. The van der Waals surface area contributed by atoms with Crippen molar-refractivity contribution in [2.75, 3.05) is 0 Å². The Balaban J connectivity index is 2.59. The summed E-state index contributed by atoms with van der Waals surface area (Å²) >= 11 is 0. The van der Waals surface area contributed by atoms with E-state index < -0.39 is 0 Å². The lowest BCUT2D eigenvalue weighted by Crippen LogP contribution is -1.94. The monoisotopic (exact) mass is 184 g/mol. The highest BCUT2D eigenvalue weighted by molar-refractivity contribution is 6.17. The van der Waals surface area contributed by atoms with E-state index in [9.17, 15) is 9.90 Å². The van der Waals surface area contributed by atoms with E-state index in [1.54, 1.807) is 6.07 Å². The Morgan fingerprint density at radius 1 is 1.14 bits per heavy atom. The second-order valence-corrected chi connectivity index (χ2v) is 3.57. The molecule has 0 amide bonds. The number of rotatable bonds is 0. The molecule has 14 heavy (non-hydrogen) atoms. The first-order chi connectivity index (χ1) is 6.77. The van der Waals surface area contributed by atoms with Crippen LogP contribution in [-0.2, 0) is 6.42 Å². The number of hydrogen-bond acceptors (Lipinski definition) is 2. The topological polar surface area (TPSA) is 37.3 Å². The molecule has 0 fully saturated rings. The summed E-state index contributed by atoms with van der Waals surface area (Å²) in [5.74, 6) is 0.127. The Morgan fingerprint density at radius 3 is 2.86 bits per heavy atom. The van der Waals surface area contributed by atoms with Gasteiger partial charge in [-0.15, -0.1) is 0 Å². The van der Waals surface area contributed by atoms with Crippen molar-refractivity contribution in [3.8, 4) is 5.75 Å². The van der Waals surface area contributed by atoms with E-state index in [1.807, 2.05) is 24.3 Å². The zero-order chi connectivity index (χ0) is 9.71. The van der Waals surface area contributed by atoms with Crippen molar-refractivity contribution >= 4 is 16.6 Å². The number of hydrogen-bond donors (Lipinski definition) is 1. The minimum Gasteiger partial charge on any atom is -0.507 e. The van der Waals surface area contributed by atoms with Gasteiger partial charge >= 0.3 is 0 Å². The number of ketones is 1. The van der Waals surface area contributed by atoms with Gasteiger partial charge in [0.15, 0.2) is 5.78 Å². The largest absolute Gasteiger partial charge is 0.507 e. The summed E-state index contributed by atoms with van der Waals surface area (Å²) in [4.78, 5) is 11.6. The molecule has 68 valence electrons. The van der Waals surface area contributed by atoms with Crippen LogP contribution in [0.15, 0.2) is 30.3 Å². The highest BCUT2D eigenvalue weighted by Crippen LogP contribution is 2.35. The van der Waals surface area contributed by atoms with E-state index >= 15 is 0 Å². The quantitative estimate of drug-likeness (QED) is 0.682. The SMILES string of the molecule is O=C1Cc2cccc3ccc(O)c1c23. The fraction of sp³-hybridized carbons (Fsp3) is 0.0833. The van der Waals surface area contributed by atoms with E-state index in [-0.39, 0.29) is 11.5 Å². The van der Waals surface area contributed by atoms with Crippen LogP contribution < -0.4 is 0 Å². The molecule has 0 radical (unpaired) electrons. The predicted octanol–water partition coefficient (Wildman–Crippen LogP) is 2.28. The lowest BCUT2D eigenvalue weighted by molar-refractivity contribution is 0.0997. The third-order valence-electron chi connectivity index (χ3n) is 2.74. The second-order valence-electron chi connectivity index (χ2n) is 3.57. The molecule has 2 nitrogen and oxygen atoms in total. The summed E-state index contributed by atoms with van der Waals surface area (Å²) in [7, 11) is 0. The first-order valence-electron chi connectivity index (χ1n) is 4.54. The van der Waals surface area contributed by atoms with Crippen LogP contribution in [0.5, 0.6) is 5.75 Å². The van der Waals surface area contributed by atoms with Gasteiger partial charge in [-0.1, -0.05) is 24.3 Å². The molecule has 0 heterocycles. The Kier molecular flexibility index (Phi) is 1.27. The van der Waals surface area contributed by atoms with E-state index in [2.05, 4.69) is 0 Å². The van der Waals surface area contributed by atoms with Gasteiger partial charge in [0.25, 0.3) is 0 Å². The lowest BCUT2D eigenvalue weighted by atomic mass is 10.0. The molecule has 0 aliphatic heterocycles. The minimum absolute atomic E-state index is 0.0225. The maximum atomic E-state index is 11.6. The van der Waals surface area contributed by atoms with Gasteiger partial charge in [0.05, 0.1) is 5.56 Å². The van der Waals surface area contributed by atoms with Crippen LogP contribution in [0.1, 0.15) is 15.9 Å². The van der Waals surface area contributed by atoms with E-state index in [0.717, 1.165) is 16.3 Å². The molecule has 2 aromatic rings. The van der Waals surface area contributed by atoms with Crippen LogP contribution in [0, 0.1) is 0 Å². The minimum atomic E-state index is 0.0225. The fourth-order valence-electron chi connectivity index (χ4n) is 2.13. The van der Waals surface area contributed by atoms with Crippen molar-refractivity contribution in [2.24, 2.45) is 0 Å². The summed E-state index contributed by atoms with van der Waals surface area (Å²) in [5.41, 5.74) is 1.52. The van der Waals surface area contributed by atoms with Crippen molar-refractivity contribution in [2.45, 2.75) is 6.42 Å². The number of phenolic OH excluding ortho intramolecular Hbond substituents is 1. The van der Waals surface area contributed by atoms with Gasteiger partial charge in [-0.05, 0) is 22.4 Å². The van der Waals surface area contributed by atoms with E-state index in [0.29, 0.717) is 12.0 Å². The van der Waals surface area contributed by atoms with Crippen LogP contribution in [0.25, 0.3) is 10.8 Å². The summed E-state index contributed by atoms with van der Waals surface area (Å²) in [6.07, 6.45) is 0.421. The second kappa shape index (κ2) is 2.35. The lowest BCUT2D eigenvalue weighted by Gasteiger charge is -2.01. The molecule has 2 heteroatoms. The van der Waals surface area contributed by atoms with Gasteiger partial charge in [0.2, 0.25) is 0 Å². The maximum absolute atomic E-state index is 11.6. The van der Waals surface area contributed by atoms with Gasteiger partial charge in [0, 0.05) is 6.42 Å². The molecule has 2 aromatic carbocycles. The average molecular weight is 184 g/mol. The molecule has 1 N–H and O–H groups in total. The van der Waals surface area contributed by atoms with Gasteiger partial charge in [-0.25, -0.2) is 0 Å². The highest BCUT2D eigenvalue weighted by atomic mass is 16.3. The summed E-state index contributed by atoms with van der Waals surface area (Å²) in [6, 6.07) is 9.27. The maximum Gasteiger partial charge on any atom is 0.171 e. The van der Waals surface area contributed by atoms with Gasteiger partial charge < -0.3 is 5.11 Å². The van der Waals surface area contributed by atoms with Crippen molar-refractivity contribution in [1.29, 1.82) is 0 Å². The molecular formula is C12H8O2. The molecule has 0 atom stereocenters. The van der Waals surface area contributed by atoms with Crippen LogP contribution in [0.4, 0.5) is 0 Å². The van der Waals surface area contributed by atoms with Crippen molar-refractivity contribution < 1.29 is 9.90 Å². The predicted molar refractivity (Wildman–Crippen MR) is 53.6 cm³/mol. The number of carbonyl (C=O) groups excluding carboxylic acids is 1. The highest BCUT2D eigenvalue weighted by Gasteiger charge is 2.24. The molecule has 3 rings (SSSR count). The van der Waals surface area contributed by atoms with Crippen LogP contribution in [0.2, 0.25) is 0 Å². The zero-order valence-electron chi connectivity index (χ0n) is 7.45. The Morgan fingerprint density at radius 2 is 2.00 bits per heavy atom. The van der Waals surface area contributed by atoms with E-state index in [1.165, 1.54) is 0 Å². The fourth-order valence-corrected chi connectivity index (χ4v) is 2.13. The zero-order valence-corrected chi connectivity index (χ0v) is 7.45. The molecule has 0 saturated carbocycles. The number of Topliss-reactive ketones (excluding diaryl/α,β-unsaturated/α-hetero) is 1. The average Bonchev–Trinajstić information content (AvgIpc) is 2.51. The van der Waals surface area contributed by atoms with E-state index in [4.69, 9.17) is 0 Å². The smallest absolute Gasteiger partial charge is 0.171 e. The first kappa shape index (κ1) is 7.56. The summed E-state index contributed by atoms with van der Waals surface area (Å²) in [6.45, 7) is 0. The van der Waals surface area contributed by atoms with Crippen molar-refractivity contribution in [3.63, 3.8) is 0 Å². The Hall–Kier alpha value is -1.83. The number of carbonyl (C=O) groups is 1. The van der Waals surface area contributed by atoms with Gasteiger partial charge in [0.1, 0.15) is 5.75 Å². The Labute approximate surface area is 80.8 Å². The third-order valence-corrected chi connectivity index (χ3v) is 2.74. The van der Waals surface area contributed by atoms with Crippen molar-refractivity contribution in [3.05, 3.63) is 41.5 Å². The van der Waals surface area contributed by atoms with Crippen molar-refractivity contribution in [1.82, 2.24) is 0 Å². The number of aromatic hydroxyl groups is 1. The molecule has 0 aromatic heterocycles. The summed E-state index contributed by atoms with van der Waals surface area (Å²) < 4.78 is 0. The molecule has 0 bridgehead atoms. The molecule has 0 saturated heterocycles. The van der Waals surface area contributed by atoms with Crippen LogP contribution >= 0.6 is 0 Å².